The van der Waals surface area contributed by atoms with Gasteiger partial charge in [-0.25, -0.2) is 9.59 Å². The zero-order chi connectivity index (χ0) is 27.5. The van der Waals surface area contributed by atoms with Crippen LogP contribution in [0.25, 0.3) is 0 Å². The number of methoxy groups -OCH3 is 1. The topological polar surface area (TPSA) is 77.4 Å². The molecule has 1 amide bonds. The van der Waals surface area contributed by atoms with Crippen molar-refractivity contribution in [1.82, 2.24) is 4.90 Å². The van der Waals surface area contributed by atoms with Crippen molar-refractivity contribution in [1.29, 1.82) is 0 Å². The molecule has 202 valence electrons. The number of benzene rings is 1. The molecule has 36 heavy (non-hydrogen) atoms. The summed E-state index contributed by atoms with van der Waals surface area (Å²) in [6.07, 6.45) is 2.06. The number of ether oxygens (including phenoxy) is 2. The highest BCUT2D eigenvalue weighted by Crippen LogP contribution is 2.41. The average molecular weight is 519 g/mol. The molecule has 1 aliphatic rings. The fraction of sp³-hybridized carbons (Fsp3) is 0.679. The van der Waals surface area contributed by atoms with E-state index in [0.717, 1.165) is 17.5 Å². The zero-order valence-electron chi connectivity index (χ0n) is 24.0. The Morgan fingerprint density at radius 3 is 2.14 bits per heavy atom. The molecular formula is C28H46N2O5Si. The summed E-state index contributed by atoms with van der Waals surface area (Å²) in [4.78, 5) is 31.4. The number of hydrogen-bond acceptors (Lipinski definition) is 6. The van der Waals surface area contributed by atoms with Crippen molar-refractivity contribution in [3.8, 4) is 0 Å². The Kier molecular flexibility index (Phi) is 9.56. The number of carbonyl (C=O) groups is 2. The summed E-state index contributed by atoms with van der Waals surface area (Å²) in [5.41, 5.74) is 1.32. The number of nitrogens with zero attached hydrogens (tertiary/aromatic N) is 2. The summed E-state index contributed by atoms with van der Waals surface area (Å²) in [6, 6.07) is 7.27. The predicted molar refractivity (Wildman–Crippen MR) is 147 cm³/mol. The van der Waals surface area contributed by atoms with E-state index >= 15 is 0 Å². The van der Waals surface area contributed by atoms with Gasteiger partial charge in [-0.3, -0.25) is 9.89 Å². The van der Waals surface area contributed by atoms with E-state index in [9.17, 15) is 9.59 Å². The SMILES string of the molecule is COC(=O)[C@@H](N=Cc1ccc([C@H]2C[C@@H](O[Si](C)(C)C(C)(C)C)CN2C(=O)OC(C)(C)C)cc1)C(C)C. The minimum atomic E-state index is -2.00. The van der Waals surface area contributed by atoms with Crippen LogP contribution in [0.5, 0.6) is 0 Å². The number of esters is 1. The molecule has 1 heterocycles. The third-order valence-electron chi connectivity index (χ3n) is 6.94. The maximum absolute atomic E-state index is 13.1. The molecule has 0 unspecified atom stereocenters. The minimum Gasteiger partial charge on any atom is -0.467 e. The molecular weight excluding hydrogens is 472 g/mol. The number of carbonyl (C=O) groups excluding carboxylic acids is 2. The Hall–Kier alpha value is -2.19. The molecule has 0 N–H and O–H groups in total. The van der Waals surface area contributed by atoms with Crippen LogP contribution in [0.2, 0.25) is 18.1 Å². The highest BCUT2D eigenvalue weighted by atomic mass is 28.4. The quantitative estimate of drug-likeness (QED) is 0.238. The van der Waals surface area contributed by atoms with Crippen LogP contribution in [0.1, 0.15) is 79.0 Å². The Balaban J connectivity index is 2.28. The van der Waals surface area contributed by atoms with E-state index in [1.165, 1.54) is 7.11 Å². The molecule has 1 aliphatic heterocycles. The van der Waals surface area contributed by atoms with Crippen LogP contribution in [0.15, 0.2) is 29.3 Å². The smallest absolute Gasteiger partial charge is 0.410 e. The van der Waals surface area contributed by atoms with E-state index in [1.54, 1.807) is 11.1 Å². The van der Waals surface area contributed by atoms with Gasteiger partial charge in [0.05, 0.1) is 19.3 Å². The first-order valence-corrected chi connectivity index (χ1v) is 15.7. The highest BCUT2D eigenvalue weighted by molar-refractivity contribution is 6.74. The van der Waals surface area contributed by atoms with Crippen LogP contribution in [0.3, 0.4) is 0 Å². The fourth-order valence-corrected chi connectivity index (χ4v) is 5.27. The van der Waals surface area contributed by atoms with Crippen LogP contribution in [0, 0.1) is 5.92 Å². The Morgan fingerprint density at radius 2 is 1.67 bits per heavy atom. The molecule has 0 saturated carbocycles. The van der Waals surface area contributed by atoms with Gasteiger partial charge in [-0.1, -0.05) is 58.9 Å². The molecule has 7 nitrogen and oxygen atoms in total. The van der Waals surface area contributed by atoms with Gasteiger partial charge in [0, 0.05) is 12.8 Å². The van der Waals surface area contributed by atoms with Gasteiger partial charge in [0.15, 0.2) is 8.32 Å². The monoisotopic (exact) mass is 518 g/mol. The second-order valence-corrected chi connectivity index (χ2v) is 17.3. The summed E-state index contributed by atoms with van der Waals surface area (Å²) in [6.45, 7) is 21.2. The van der Waals surface area contributed by atoms with Crippen molar-refractivity contribution >= 4 is 26.6 Å². The molecule has 0 radical (unpaired) electrons. The molecule has 0 aromatic heterocycles. The molecule has 3 atom stereocenters. The Morgan fingerprint density at radius 1 is 1.08 bits per heavy atom. The third kappa shape index (κ3) is 7.90. The summed E-state index contributed by atoms with van der Waals surface area (Å²) in [7, 11) is -0.621. The van der Waals surface area contributed by atoms with Crippen molar-refractivity contribution in [2.75, 3.05) is 13.7 Å². The lowest BCUT2D eigenvalue weighted by atomic mass is 10.0. The second-order valence-electron chi connectivity index (χ2n) is 12.5. The second kappa shape index (κ2) is 11.5. The molecule has 0 aliphatic carbocycles. The van der Waals surface area contributed by atoms with E-state index in [1.807, 2.05) is 58.9 Å². The van der Waals surface area contributed by atoms with Gasteiger partial charge in [-0.05, 0) is 62.4 Å². The molecule has 0 spiro atoms. The van der Waals surface area contributed by atoms with Gasteiger partial charge in [0.25, 0.3) is 0 Å². The number of hydrogen-bond donors (Lipinski definition) is 0. The summed E-state index contributed by atoms with van der Waals surface area (Å²) >= 11 is 0. The van der Waals surface area contributed by atoms with Gasteiger partial charge >= 0.3 is 12.1 Å². The number of rotatable bonds is 7. The number of amides is 1. The first-order valence-electron chi connectivity index (χ1n) is 12.8. The van der Waals surface area contributed by atoms with E-state index in [-0.39, 0.29) is 35.2 Å². The number of aliphatic imine (C=N–C) groups is 1. The molecule has 1 aromatic rings. The lowest BCUT2D eigenvalue weighted by Crippen LogP contribution is -2.45. The lowest BCUT2D eigenvalue weighted by Gasteiger charge is -2.38. The van der Waals surface area contributed by atoms with Crippen molar-refractivity contribution in [3.05, 3.63) is 35.4 Å². The molecule has 0 bridgehead atoms. The predicted octanol–water partition coefficient (Wildman–Crippen LogP) is 6.38. The van der Waals surface area contributed by atoms with Crippen molar-refractivity contribution in [2.24, 2.45) is 10.9 Å². The van der Waals surface area contributed by atoms with E-state index in [4.69, 9.17) is 13.9 Å². The van der Waals surface area contributed by atoms with Crippen molar-refractivity contribution in [3.63, 3.8) is 0 Å². The van der Waals surface area contributed by atoms with Crippen LogP contribution in [0.4, 0.5) is 4.79 Å². The van der Waals surface area contributed by atoms with Crippen LogP contribution in [-0.4, -0.2) is 62.9 Å². The average Bonchev–Trinajstić information content (AvgIpc) is 3.15. The first kappa shape index (κ1) is 30.0. The van der Waals surface area contributed by atoms with Gasteiger partial charge < -0.3 is 13.9 Å². The first-order chi connectivity index (χ1) is 16.4. The summed E-state index contributed by atoms with van der Waals surface area (Å²) in [5.74, 6) is -0.309. The highest BCUT2D eigenvalue weighted by Gasteiger charge is 2.44. The molecule has 8 heteroatoms. The van der Waals surface area contributed by atoms with E-state index in [0.29, 0.717) is 6.54 Å². The molecule has 1 aromatic carbocycles. The Labute approximate surface area is 218 Å². The Bertz CT molecular complexity index is 929. The molecule has 1 fully saturated rings. The third-order valence-corrected chi connectivity index (χ3v) is 11.5. The van der Waals surface area contributed by atoms with Gasteiger partial charge in [-0.2, -0.15) is 0 Å². The van der Waals surface area contributed by atoms with Crippen molar-refractivity contribution < 1.29 is 23.5 Å². The van der Waals surface area contributed by atoms with E-state index < -0.39 is 20.0 Å². The summed E-state index contributed by atoms with van der Waals surface area (Å²) in [5, 5.41) is 0.0842. The van der Waals surface area contributed by atoms with Crippen LogP contribution in [-0.2, 0) is 18.7 Å². The van der Waals surface area contributed by atoms with E-state index in [2.05, 4.69) is 38.9 Å². The minimum absolute atomic E-state index is 0.0340. The number of likely N-dealkylation sites (tertiary alicyclic amines) is 1. The normalized spacial score (nSPS) is 20.2. The van der Waals surface area contributed by atoms with Gasteiger partial charge in [0.1, 0.15) is 11.6 Å². The van der Waals surface area contributed by atoms with Gasteiger partial charge in [0.2, 0.25) is 0 Å². The van der Waals surface area contributed by atoms with Gasteiger partial charge in [-0.15, -0.1) is 0 Å². The maximum Gasteiger partial charge on any atom is 0.410 e. The largest absolute Gasteiger partial charge is 0.467 e. The van der Waals surface area contributed by atoms with Crippen LogP contribution >= 0.6 is 0 Å². The molecule has 1 saturated heterocycles. The fourth-order valence-electron chi connectivity index (χ4n) is 3.91. The van der Waals surface area contributed by atoms with Crippen molar-refractivity contribution in [2.45, 2.75) is 104 Å². The summed E-state index contributed by atoms with van der Waals surface area (Å²) < 4.78 is 17.3. The molecule has 2 rings (SSSR count). The zero-order valence-corrected chi connectivity index (χ0v) is 25.0. The lowest BCUT2D eigenvalue weighted by molar-refractivity contribution is -0.143. The standard InChI is InChI=1S/C28H46N2O5Si/c1-19(2)24(25(31)33-9)29-17-20-12-14-21(15-13-20)23-16-22(35-36(10,11)28(6,7)8)18-30(23)26(32)34-27(3,4)5/h12-15,17,19,22-24H,16,18H2,1-11H3/t22-,23-,24+/m1/s1. The van der Waals surface area contributed by atoms with Crippen LogP contribution < -0.4 is 0 Å². The maximum atomic E-state index is 13.1.